The van der Waals surface area contributed by atoms with Gasteiger partial charge in [-0.1, -0.05) is 18.2 Å². The highest BCUT2D eigenvalue weighted by Gasteiger charge is 2.21. The Bertz CT molecular complexity index is 680. The van der Waals surface area contributed by atoms with Crippen LogP contribution in [0.4, 0.5) is 0 Å². The van der Waals surface area contributed by atoms with Gasteiger partial charge >= 0.3 is 0 Å². The van der Waals surface area contributed by atoms with Gasteiger partial charge in [-0.25, -0.2) is 5.43 Å². The Morgan fingerprint density at radius 2 is 2.16 bits per heavy atom. The summed E-state index contributed by atoms with van der Waals surface area (Å²) in [6.45, 7) is 2.01. The third kappa shape index (κ3) is 1.93. The zero-order chi connectivity index (χ0) is 13.4. The van der Waals surface area contributed by atoms with Crippen molar-refractivity contribution >= 4 is 11.0 Å². The lowest BCUT2D eigenvalue weighted by molar-refractivity contribution is 0.476. The number of nitrogens with zero attached hydrogens (tertiary/aromatic N) is 2. The van der Waals surface area contributed by atoms with Gasteiger partial charge in [0.1, 0.15) is 17.4 Å². The minimum absolute atomic E-state index is 0.193. The summed E-state index contributed by atoms with van der Waals surface area (Å²) in [6, 6.07) is 9.72. The molecule has 0 saturated heterocycles. The highest BCUT2D eigenvalue weighted by Crippen LogP contribution is 2.28. The molecule has 0 aliphatic rings. The van der Waals surface area contributed by atoms with Crippen LogP contribution >= 0.6 is 0 Å². The van der Waals surface area contributed by atoms with E-state index in [4.69, 9.17) is 10.3 Å². The second kappa shape index (κ2) is 4.53. The second-order valence-electron chi connectivity index (χ2n) is 4.60. The summed E-state index contributed by atoms with van der Waals surface area (Å²) in [5, 5.41) is 5.31. The molecule has 1 aromatic carbocycles. The average molecular weight is 256 g/mol. The van der Waals surface area contributed by atoms with Gasteiger partial charge in [-0.3, -0.25) is 10.5 Å². The van der Waals surface area contributed by atoms with Gasteiger partial charge in [0.05, 0.1) is 6.20 Å². The van der Waals surface area contributed by atoms with Gasteiger partial charge in [-0.05, 0) is 19.1 Å². The highest BCUT2D eigenvalue weighted by molar-refractivity contribution is 5.77. The van der Waals surface area contributed by atoms with Crippen LogP contribution in [-0.4, -0.2) is 9.78 Å². The van der Waals surface area contributed by atoms with Crippen molar-refractivity contribution in [3.05, 3.63) is 53.5 Å². The van der Waals surface area contributed by atoms with Gasteiger partial charge in [-0.15, -0.1) is 0 Å². The molecular formula is C14H16N4O. The summed E-state index contributed by atoms with van der Waals surface area (Å²) in [6.07, 6.45) is 1.81. The maximum Gasteiger partial charge on any atom is 0.134 e. The lowest BCUT2D eigenvalue weighted by Gasteiger charge is -2.12. The number of hydrazine groups is 1. The summed E-state index contributed by atoms with van der Waals surface area (Å²) in [7, 11) is 1.91. The summed E-state index contributed by atoms with van der Waals surface area (Å²) in [5.74, 6) is 6.48. The molecule has 0 spiro atoms. The predicted molar refractivity (Wildman–Crippen MR) is 73.3 cm³/mol. The van der Waals surface area contributed by atoms with Gasteiger partial charge in [0.2, 0.25) is 0 Å². The number of nitrogens with two attached hydrogens (primary N) is 1. The molecular weight excluding hydrogens is 240 g/mol. The number of benzene rings is 1. The van der Waals surface area contributed by atoms with E-state index in [-0.39, 0.29) is 6.04 Å². The van der Waals surface area contributed by atoms with Crippen LogP contribution in [0.2, 0.25) is 0 Å². The van der Waals surface area contributed by atoms with E-state index in [0.717, 1.165) is 28.0 Å². The first kappa shape index (κ1) is 12.0. The quantitative estimate of drug-likeness (QED) is 0.555. The maximum atomic E-state index is 5.86. The lowest BCUT2D eigenvalue weighted by atomic mass is 10.1. The number of para-hydroxylation sites is 1. The summed E-state index contributed by atoms with van der Waals surface area (Å²) < 4.78 is 7.68. The molecule has 1 unspecified atom stereocenters. The number of nitrogens with one attached hydrogen (secondary N) is 1. The van der Waals surface area contributed by atoms with Crippen molar-refractivity contribution < 1.29 is 4.42 Å². The van der Waals surface area contributed by atoms with Crippen LogP contribution in [-0.2, 0) is 7.05 Å². The lowest BCUT2D eigenvalue weighted by Crippen LogP contribution is -2.28. The number of fused-ring (bicyclic) bond motifs is 1. The van der Waals surface area contributed by atoms with Crippen LogP contribution in [0, 0.1) is 6.92 Å². The first-order chi connectivity index (χ1) is 9.20. The van der Waals surface area contributed by atoms with E-state index in [9.17, 15) is 0 Å². The molecule has 2 aromatic heterocycles. The molecule has 0 bridgehead atoms. The Hall–Kier alpha value is -2.11. The number of rotatable bonds is 3. The molecule has 3 aromatic rings. The van der Waals surface area contributed by atoms with Crippen LogP contribution in [0.3, 0.4) is 0 Å². The number of hydrogen-bond acceptors (Lipinski definition) is 4. The van der Waals surface area contributed by atoms with Gasteiger partial charge in [-0.2, -0.15) is 5.10 Å². The molecule has 0 radical (unpaired) electrons. The van der Waals surface area contributed by atoms with Crippen molar-refractivity contribution in [3.63, 3.8) is 0 Å². The topological polar surface area (TPSA) is 69.0 Å². The van der Waals surface area contributed by atoms with Crippen molar-refractivity contribution in [2.75, 3.05) is 0 Å². The Kier molecular flexibility index (Phi) is 2.85. The Balaban J connectivity index is 2.09. The molecule has 98 valence electrons. The van der Waals surface area contributed by atoms with Crippen molar-refractivity contribution in [1.82, 2.24) is 15.2 Å². The molecule has 1 atom stereocenters. The molecule has 0 fully saturated rings. The number of furan rings is 1. The summed E-state index contributed by atoms with van der Waals surface area (Å²) >= 11 is 0. The monoisotopic (exact) mass is 256 g/mol. The third-order valence-electron chi connectivity index (χ3n) is 3.48. The van der Waals surface area contributed by atoms with Crippen molar-refractivity contribution in [2.45, 2.75) is 13.0 Å². The largest absolute Gasteiger partial charge is 0.459 e. The normalized spacial score (nSPS) is 13.0. The summed E-state index contributed by atoms with van der Waals surface area (Å²) in [4.78, 5) is 0. The molecule has 0 aliphatic carbocycles. The first-order valence-electron chi connectivity index (χ1n) is 6.14. The van der Waals surface area contributed by atoms with Gasteiger partial charge in [0.15, 0.2) is 0 Å². The third-order valence-corrected chi connectivity index (χ3v) is 3.48. The minimum atomic E-state index is -0.193. The highest BCUT2D eigenvalue weighted by atomic mass is 16.3. The first-order valence-corrected chi connectivity index (χ1v) is 6.14. The number of aromatic nitrogens is 2. The van der Waals surface area contributed by atoms with Gasteiger partial charge < -0.3 is 4.42 Å². The molecule has 3 N–H and O–H groups in total. The fraction of sp³-hybridized carbons (Fsp3) is 0.214. The zero-order valence-electron chi connectivity index (χ0n) is 10.9. The van der Waals surface area contributed by atoms with E-state index < -0.39 is 0 Å². The van der Waals surface area contributed by atoms with Crippen LogP contribution in [0.15, 0.2) is 40.9 Å². The molecule has 0 amide bonds. The molecule has 0 saturated carbocycles. The van der Waals surface area contributed by atoms with Crippen molar-refractivity contribution in [3.8, 4) is 0 Å². The zero-order valence-corrected chi connectivity index (χ0v) is 10.9. The molecule has 3 rings (SSSR count). The molecule has 5 heteroatoms. The van der Waals surface area contributed by atoms with E-state index in [2.05, 4.69) is 10.5 Å². The fourth-order valence-electron chi connectivity index (χ4n) is 2.27. The molecule has 0 aliphatic heterocycles. The molecule has 5 nitrogen and oxygen atoms in total. The van der Waals surface area contributed by atoms with Gasteiger partial charge in [0, 0.05) is 23.7 Å². The van der Waals surface area contributed by atoms with Crippen LogP contribution in [0.1, 0.15) is 23.1 Å². The van der Waals surface area contributed by atoms with E-state index in [1.807, 2.05) is 55.2 Å². The van der Waals surface area contributed by atoms with Crippen molar-refractivity contribution in [2.24, 2.45) is 12.9 Å². The van der Waals surface area contributed by atoms with E-state index in [1.165, 1.54) is 0 Å². The fourth-order valence-corrected chi connectivity index (χ4v) is 2.27. The SMILES string of the molecule is Cc1c(C(NN)c2cc3ccccc3o2)cnn1C. The summed E-state index contributed by atoms with van der Waals surface area (Å²) in [5.41, 5.74) is 5.74. The number of aryl methyl sites for hydroxylation is 1. The Morgan fingerprint density at radius 3 is 2.79 bits per heavy atom. The second-order valence-corrected chi connectivity index (χ2v) is 4.60. The predicted octanol–water partition coefficient (Wildman–Crippen LogP) is 2.03. The molecule has 2 heterocycles. The Morgan fingerprint density at radius 1 is 1.37 bits per heavy atom. The average Bonchev–Trinajstić information content (AvgIpc) is 2.98. The Labute approximate surface area is 111 Å². The van der Waals surface area contributed by atoms with Gasteiger partial charge in [0.25, 0.3) is 0 Å². The minimum Gasteiger partial charge on any atom is -0.459 e. The molecule has 19 heavy (non-hydrogen) atoms. The van der Waals surface area contributed by atoms with E-state index in [1.54, 1.807) is 0 Å². The van der Waals surface area contributed by atoms with Crippen LogP contribution in [0.5, 0.6) is 0 Å². The van der Waals surface area contributed by atoms with Crippen molar-refractivity contribution in [1.29, 1.82) is 0 Å². The standard InChI is InChI=1S/C14H16N4O/c1-9-11(8-16-18(9)2)14(17-15)13-7-10-5-3-4-6-12(10)19-13/h3-8,14,17H,15H2,1-2H3. The smallest absolute Gasteiger partial charge is 0.134 e. The number of hydrogen-bond donors (Lipinski definition) is 2. The van der Waals surface area contributed by atoms with E-state index in [0.29, 0.717) is 0 Å². The van der Waals surface area contributed by atoms with E-state index >= 15 is 0 Å². The van der Waals surface area contributed by atoms with Crippen LogP contribution < -0.4 is 11.3 Å². The maximum absolute atomic E-state index is 5.86. The van der Waals surface area contributed by atoms with Crippen LogP contribution in [0.25, 0.3) is 11.0 Å².